The molecule has 2 aromatic heterocycles. The molecule has 138 valence electrons. The fourth-order valence-electron chi connectivity index (χ4n) is 2.90. The van der Waals surface area contributed by atoms with E-state index in [1.165, 1.54) is 0 Å². The number of carbonyl (C=O) groups is 1. The van der Waals surface area contributed by atoms with Crippen molar-refractivity contribution in [2.45, 2.75) is 13.0 Å². The number of aromatic nitrogens is 4. The SMILES string of the molecule is CC(NC(=O)c1nc(-c2ccccc2)n(-c2ccccc2)n1)c1ccccn1. The van der Waals surface area contributed by atoms with Crippen LogP contribution < -0.4 is 5.32 Å². The summed E-state index contributed by atoms with van der Waals surface area (Å²) in [6, 6.07) is 24.7. The van der Waals surface area contributed by atoms with E-state index in [0.717, 1.165) is 16.9 Å². The van der Waals surface area contributed by atoms with Gasteiger partial charge in [-0.3, -0.25) is 9.78 Å². The summed E-state index contributed by atoms with van der Waals surface area (Å²) in [5.74, 6) is 0.387. The molecule has 0 bridgehead atoms. The molecule has 1 amide bonds. The van der Waals surface area contributed by atoms with Gasteiger partial charge in [-0.25, -0.2) is 9.67 Å². The highest BCUT2D eigenvalue weighted by atomic mass is 16.2. The molecular formula is C22H19N5O. The minimum atomic E-state index is -0.343. The Kier molecular flexibility index (Phi) is 4.93. The second-order valence-electron chi connectivity index (χ2n) is 6.32. The van der Waals surface area contributed by atoms with Crippen molar-refractivity contribution in [2.24, 2.45) is 0 Å². The van der Waals surface area contributed by atoms with Crippen molar-refractivity contribution >= 4 is 5.91 Å². The molecule has 28 heavy (non-hydrogen) atoms. The Labute approximate surface area is 162 Å². The molecule has 0 saturated carbocycles. The highest BCUT2D eigenvalue weighted by Gasteiger charge is 2.20. The fraction of sp³-hybridized carbons (Fsp3) is 0.0909. The van der Waals surface area contributed by atoms with E-state index in [1.54, 1.807) is 10.9 Å². The summed E-state index contributed by atoms with van der Waals surface area (Å²) < 4.78 is 1.69. The number of carbonyl (C=O) groups excluding carboxylic acids is 1. The van der Waals surface area contributed by atoms with Crippen molar-refractivity contribution in [3.05, 3.63) is 96.6 Å². The fourth-order valence-corrected chi connectivity index (χ4v) is 2.90. The maximum absolute atomic E-state index is 12.8. The Morgan fingerprint density at radius 3 is 2.29 bits per heavy atom. The Bertz CT molecular complexity index is 1010. The lowest BCUT2D eigenvalue weighted by Gasteiger charge is -2.11. The minimum Gasteiger partial charge on any atom is -0.341 e. The summed E-state index contributed by atoms with van der Waals surface area (Å²) in [6.07, 6.45) is 1.70. The van der Waals surface area contributed by atoms with E-state index in [2.05, 4.69) is 20.4 Å². The van der Waals surface area contributed by atoms with Gasteiger partial charge >= 0.3 is 0 Å². The molecular weight excluding hydrogens is 350 g/mol. The molecule has 4 rings (SSSR count). The molecule has 0 fully saturated rings. The van der Waals surface area contributed by atoms with E-state index < -0.39 is 0 Å². The second kappa shape index (κ2) is 7.84. The Balaban J connectivity index is 1.68. The van der Waals surface area contributed by atoms with Crippen molar-refractivity contribution in [1.29, 1.82) is 0 Å². The van der Waals surface area contributed by atoms with E-state index in [9.17, 15) is 4.79 Å². The van der Waals surface area contributed by atoms with Crippen molar-refractivity contribution < 1.29 is 4.79 Å². The first-order valence-electron chi connectivity index (χ1n) is 9.02. The monoisotopic (exact) mass is 369 g/mol. The number of nitrogens with one attached hydrogen (secondary N) is 1. The highest BCUT2D eigenvalue weighted by Crippen LogP contribution is 2.21. The molecule has 0 radical (unpaired) electrons. The molecule has 0 aliphatic carbocycles. The van der Waals surface area contributed by atoms with Gasteiger partial charge in [0.1, 0.15) is 0 Å². The van der Waals surface area contributed by atoms with Gasteiger partial charge in [-0.05, 0) is 31.2 Å². The third kappa shape index (κ3) is 3.66. The largest absolute Gasteiger partial charge is 0.341 e. The van der Waals surface area contributed by atoms with Crippen molar-refractivity contribution in [3.8, 4) is 17.1 Å². The first kappa shape index (κ1) is 17.6. The average molecular weight is 369 g/mol. The van der Waals surface area contributed by atoms with E-state index in [1.807, 2.05) is 85.8 Å². The van der Waals surface area contributed by atoms with Crippen LogP contribution in [0.3, 0.4) is 0 Å². The van der Waals surface area contributed by atoms with Crippen LogP contribution in [0.2, 0.25) is 0 Å². The first-order chi connectivity index (χ1) is 13.7. The van der Waals surface area contributed by atoms with Crippen LogP contribution in [-0.4, -0.2) is 25.7 Å². The van der Waals surface area contributed by atoms with Crippen LogP contribution in [0.1, 0.15) is 29.3 Å². The number of hydrogen-bond donors (Lipinski definition) is 1. The van der Waals surface area contributed by atoms with Gasteiger partial charge in [0.15, 0.2) is 5.82 Å². The second-order valence-corrected chi connectivity index (χ2v) is 6.32. The lowest BCUT2D eigenvalue weighted by molar-refractivity contribution is 0.0928. The molecule has 0 aliphatic heterocycles. The molecule has 6 nitrogen and oxygen atoms in total. The molecule has 1 atom stereocenters. The van der Waals surface area contributed by atoms with Crippen LogP contribution in [0.25, 0.3) is 17.1 Å². The Hall–Kier alpha value is -3.80. The van der Waals surface area contributed by atoms with Gasteiger partial charge in [-0.1, -0.05) is 54.6 Å². The van der Waals surface area contributed by atoms with Crippen LogP contribution in [-0.2, 0) is 0 Å². The molecule has 0 spiro atoms. The Morgan fingerprint density at radius 1 is 0.929 bits per heavy atom. The van der Waals surface area contributed by atoms with Crippen molar-refractivity contribution in [1.82, 2.24) is 25.1 Å². The van der Waals surface area contributed by atoms with E-state index in [0.29, 0.717) is 5.82 Å². The molecule has 6 heteroatoms. The minimum absolute atomic E-state index is 0.116. The van der Waals surface area contributed by atoms with E-state index >= 15 is 0 Å². The van der Waals surface area contributed by atoms with Gasteiger partial charge in [0.05, 0.1) is 17.4 Å². The maximum atomic E-state index is 12.8. The number of rotatable bonds is 5. The number of benzene rings is 2. The third-order valence-corrected chi connectivity index (χ3v) is 4.32. The van der Waals surface area contributed by atoms with Crippen LogP contribution in [0.4, 0.5) is 0 Å². The maximum Gasteiger partial charge on any atom is 0.291 e. The average Bonchev–Trinajstić information content (AvgIpc) is 3.21. The number of para-hydroxylation sites is 1. The van der Waals surface area contributed by atoms with Gasteiger partial charge in [-0.15, -0.1) is 5.10 Å². The van der Waals surface area contributed by atoms with Gasteiger partial charge in [0.25, 0.3) is 5.91 Å². The molecule has 0 aliphatic rings. The zero-order chi connectivity index (χ0) is 19.3. The lowest BCUT2D eigenvalue weighted by atomic mass is 10.2. The molecule has 2 aromatic carbocycles. The summed E-state index contributed by atoms with van der Waals surface area (Å²) in [6.45, 7) is 1.88. The summed E-state index contributed by atoms with van der Waals surface area (Å²) in [5.41, 5.74) is 2.50. The smallest absolute Gasteiger partial charge is 0.291 e. The van der Waals surface area contributed by atoms with Gasteiger partial charge in [0, 0.05) is 11.8 Å². The van der Waals surface area contributed by atoms with Crippen LogP contribution in [0, 0.1) is 0 Å². The zero-order valence-electron chi connectivity index (χ0n) is 15.4. The number of nitrogens with zero attached hydrogens (tertiary/aromatic N) is 4. The summed E-state index contributed by atoms with van der Waals surface area (Å²) in [5, 5.41) is 7.39. The third-order valence-electron chi connectivity index (χ3n) is 4.32. The topological polar surface area (TPSA) is 72.7 Å². The summed E-state index contributed by atoms with van der Waals surface area (Å²) in [4.78, 5) is 21.6. The quantitative estimate of drug-likeness (QED) is 0.580. The van der Waals surface area contributed by atoms with Crippen molar-refractivity contribution in [3.63, 3.8) is 0 Å². The highest BCUT2D eigenvalue weighted by molar-refractivity contribution is 5.91. The number of amides is 1. The van der Waals surface area contributed by atoms with Gasteiger partial charge in [0.2, 0.25) is 5.82 Å². The molecule has 2 heterocycles. The molecule has 1 N–H and O–H groups in total. The predicted molar refractivity (Wildman–Crippen MR) is 107 cm³/mol. The van der Waals surface area contributed by atoms with E-state index in [4.69, 9.17) is 0 Å². The summed E-state index contributed by atoms with van der Waals surface area (Å²) >= 11 is 0. The molecule has 1 unspecified atom stereocenters. The first-order valence-corrected chi connectivity index (χ1v) is 9.02. The van der Waals surface area contributed by atoms with Gasteiger partial charge in [-0.2, -0.15) is 0 Å². The number of hydrogen-bond acceptors (Lipinski definition) is 4. The normalized spacial score (nSPS) is 11.8. The van der Waals surface area contributed by atoms with E-state index in [-0.39, 0.29) is 17.8 Å². The lowest BCUT2D eigenvalue weighted by Crippen LogP contribution is -2.28. The molecule has 0 saturated heterocycles. The van der Waals surface area contributed by atoms with Crippen LogP contribution >= 0.6 is 0 Å². The van der Waals surface area contributed by atoms with Crippen LogP contribution in [0.15, 0.2) is 85.1 Å². The van der Waals surface area contributed by atoms with Crippen LogP contribution in [0.5, 0.6) is 0 Å². The Morgan fingerprint density at radius 2 is 1.61 bits per heavy atom. The zero-order valence-corrected chi connectivity index (χ0v) is 15.4. The van der Waals surface area contributed by atoms with Gasteiger partial charge < -0.3 is 5.32 Å². The van der Waals surface area contributed by atoms with Crippen molar-refractivity contribution in [2.75, 3.05) is 0 Å². The predicted octanol–water partition coefficient (Wildman–Crippen LogP) is 3.82. The standard InChI is InChI=1S/C22H19N5O/c1-16(19-14-8-9-15-23-19)24-22(28)20-25-21(17-10-4-2-5-11-17)27(26-20)18-12-6-3-7-13-18/h2-16H,1H3,(H,24,28). The number of pyridine rings is 1. The summed E-state index contributed by atoms with van der Waals surface area (Å²) in [7, 11) is 0. The molecule has 4 aromatic rings.